The van der Waals surface area contributed by atoms with Crippen molar-refractivity contribution in [3.8, 4) is 0 Å². The van der Waals surface area contributed by atoms with E-state index in [0.717, 1.165) is 23.2 Å². The number of aryl methyl sites for hydroxylation is 2. The van der Waals surface area contributed by atoms with E-state index in [1.807, 2.05) is 20.8 Å². The van der Waals surface area contributed by atoms with Gasteiger partial charge in [0.1, 0.15) is 0 Å². The fourth-order valence-corrected chi connectivity index (χ4v) is 3.03. The van der Waals surface area contributed by atoms with Crippen LogP contribution < -0.4 is 16.0 Å². The highest BCUT2D eigenvalue weighted by Crippen LogP contribution is 2.17. The van der Waals surface area contributed by atoms with Gasteiger partial charge in [-0.1, -0.05) is 0 Å². The third-order valence-corrected chi connectivity index (χ3v) is 4.41. The first-order valence-electron chi connectivity index (χ1n) is 8.23. The van der Waals surface area contributed by atoms with Crippen LogP contribution in [0, 0.1) is 13.8 Å². The van der Waals surface area contributed by atoms with Crippen molar-refractivity contribution < 1.29 is 4.79 Å². The standard InChI is InChI=1S/C17H24N6OS/c1-4-19-17(22-11-15-12(2)23-13(3)25-15)21-9-8-20-16(24)14-6-5-7-18-10-14/h5-7,10H,4,8-9,11H2,1-3H3,(H,20,24)(H2,19,21,22). The molecule has 8 heteroatoms. The van der Waals surface area contributed by atoms with Crippen molar-refractivity contribution in [1.29, 1.82) is 0 Å². The van der Waals surface area contributed by atoms with E-state index in [-0.39, 0.29) is 5.91 Å². The smallest absolute Gasteiger partial charge is 0.252 e. The molecule has 7 nitrogen and oxygen atoms in total. The van der Waals surface area contributed by atoms with E-state index in [4.69, 9.17) is 0 Å². The van der Waals surface area contributed by atoms with Crippen molar-refractivity contribution in [2.45, 2.75) is 27.3 Å². The number of aromatic nitrogens is 2. The number of thiazole rings is 1. The van der Waals surface area contributed by atoms with Gasteiger partial charge in [0.05, 0.1) is 22.8 Å². The van der Waals surface area contributed by atoms with Crippen LogP contribution in [0.5, 0.6) is 0 Å². The summed E-state index contributed by atoms with van der Waals surface area (Å²) in [5.74, 6) is 0.594. The number of nitrogens with one attached hydrogen (secondary N) is 3. The molecule has 0 fully saturated rings. The molecule has 0 radical (unpaired) electrons. The van der Waals surface area contributed by atoms with Crippen molar-refractivity contribution in [1.82, 2.24) is 25.9 Å². The van der Waals surface area contributed by atoms with E-state index >= 15 is 0 Å². The van der Waals surface area contributed by atoms with Gasteiger partial charge < -0.3 is 16.0 Å². The normalized spacial score (nSPS) is 11.2. The number of pyridine rings is 1. The van der Waals surface area contributed by atoms with E-state index in [2.05, 4.69) is 30.9 Å². The largest absolute Gasteiger partial charge is 0.357 e. The van der Waals surface area contributed by atoms with Crippen LogP contribution in [0.2, 0.25) is 0 Å². The number of amides is 1. The van der Waals surface area contributed by atoms with Crippen LogP contribution in [0.25, 0.3) is 0 Å². The number of aliphatic imine (C=N–C) groups is 1. The second kappa shape index (κ2) is 9.73. The predicted molar refractivity (Wildman–Crippen MR) is 101 cm³/mol. The van der Waals surface area contributed by atoms with Gasteiger partial charge in [0.2, 0.25) is 0 Å². The molecule has 2 heterocycles. The summed E-state index contributed by atoms with van der Waals surface area (Å²) in [6, 6.07) is 3.48. The topological polar surface area (TPSA) is 91.3 Å². The van der Waals surface area contributed by atoms with Crippen LogP contribution in [0.15, 0.2) is 29.5 Å². The minimum Gasteiger partial charge on any atom is -0.357 e. The Labute approximate surface area is 152 Å². The van der Waals surface area contributed by atoms with E-state index in [0.29, 0.717) is 25.2 Å². The van der Waals surface area contributed by atoms with Crippen LogP contribution in [-0.2, 0) is 6.54 Å². The van der Waals surface area contributed by atoms with Gasteiger partial charge in [-0.15, -0.1) is 11.3 Å². The molecule has 2 aromatic heterocycles. The molecule has 2 rings (SSSR count). The first kappa shape index (κ1) is 18.9. The summed E-state index contributed by atoms with van der Waals surface area (Å²) in [5.41, 5.74) is 1.59. The molecule has 2 aromatic rings. The van der Waals surface area contributed by atoms with Crippen LogP contribution in [-0.4, -0.2) is 41.5 Å². The van der Waals surface area contributed by atoms with Gasteiger partial charge in [-0.2, -0.15) is 0 Å². The summed E-state index contributed by atoms with van der Waals surface area (Å²) < 4.78 is 0. The van der Waals surface area contributed by atoms with Crippen LogP contribution >= 0.6 is 11.3 Å². The molecule has 0 spiro atoms. The summed E-state index contributed by atoms with van der Waals surface area (Å²) in [5, 5.41) is 10.3. The van der Waals surface area contributed by atoms with Crippen molar-refractivity contribution in [3.05, 3.63) is 45.7 Å². The second-order valence-corrected chi connectivity index (χ2v) is 6.65. The number of guanidine groups is 1. The Morgan fingerprint density at radius 2 is 2.04 bits per heavy atom. The summed E-state index contributed by atoms with van der Waals surface area (Å²) in [6.45, 7) is 8.46. The maximum Gasteiger partial charge on any atom is 0.252 e. The quantitative estimate of drug-likeness (QED) is 0.397. The molecule has 0 aliphatic heterocycles. The Morgan fingerprint density at radius 1 is 1.24 bits per heavy atom. The highest BCUT2D eigenvalue weighted by atomic mass is 32.1. The lowest BCUT2D eigenvalue weighted by atomic mass is 10.3. The number of rotatable bonds is 7. The summed E-state index contributed by atoms with van der Waals surface area (Å²) in [6.07, 6.45) is 3.19. The average molecular weight is 360 g/mol. The summed E-state index contributed by atoms with van der Waals surface area (Å²) >= 11 is 1.67. The molecule has 0 unspecified atom stereocenters. The third-order valence-electron chi connectivity index (χ3n) is 3.35. The van der Waals surface area contributed by atoms with Gasteiger partial charge in [-0.3, -0.25) is 9.78 Å². The van der Waals surface area contributed by atoms with Crippen molar-refractivity contribution in [2.75, 3.05) is 19.6 Å². The van der Waals surface area contributed by atoms with Gasteiger partial charge in [-0.25, -0.2) is 9.98 Å². The van der Waals surface area contributed by atoms with Crippen molar-refractivity contribution in [2.24, 2.45) is 4.99 Å². The third kappa shape index (κ3) is 6.15. The van der Waals surface area contributed by atoms with Crippen molar-refractivity contribution in [3.63, 3.8) is 0 Å². The molecular formula is C17H24N6OS. The highest BCUT2D eigenvalue weighted by molar-refractivity contribution is 7.11. The van der Waals surface area contributed by atoms with E-state index in [1.54, 1.807) is 35.9 Å². The lowest BCUT2D eigenvalue weighted by Gasteiger charge is -2.11. The van der Waals surface area contributed by atoms with E-state index in [9.17, 15) is 4.79 Å². The maximum absolute atomic E-state index is 11.9. The van der Waals surface area contributed by atoms with E-state index < -0.39 is 0 Å². The lowest BCUT2D eigenvalue weighted by Crippen LogP contribution is -2.41. The van der Waals surface area contributed by atoms with Crippen LogP contribution in [0.3, 0.4) is 0 Å². The zero-order chi connectivity index (χ0) is 18.1. The van der Waals surface area contributed by atoms with Crippen molar-refractivity contribution >= 4 is 23.2 Å². The maximum atomic E-state index is 11.9. The molecule has 0 aromatic carbocycles. The summed E-state index contributed by atoms with van der Waals surface area (Å²) in [7, 11) is 0. The Bertz CT molecular complexity index is 713. The fourth-order valence-electron chi connectivity index (χ4n) is 2.17. The van der Waals surface area contributed by atoms with Gasteiger partial charge in [0.25, 0.3) is 5.91 Å². The molecule has 0 aliphatic rings. The fraction of sp³-hybridized carbons (Fsp3) is 0.412. The zero-order valence-corrected chi connectivity index (χ0v) is 15.6. The Kier molecular flexibility index (Phi) is 7.34. The molecule has 0 bridgehead atoms. The highest BCUT2D eigenvalue weighted by Gasteiger charge is 2.06. The van der Waals surface area contributed by atoms with Gasteiger partial charge in [0.15, 0.2) is 5.96 Å². The Morgan fingerprint density at radius 3 is 2.68 bits per heavy atom. The number of carbonyl (C=O) groups excluding carboxylic acids is 1. The molecule has 134 valence electrons. The molecule has 0 saturated heterocycles. The molecule has 3 N–H and O–H groups in total. The first-order chi connectivity index (χ1) is 12.1. The number of carbonyl (C=O) groups is 1. The van der Waals surface area contributed by atoms with Crippen LogP contribution in [0.1, 0.15) is 32.9 Å². The lowest BCUT2D eigenvalue weighted by molar-refractivity contribution is 0.0954. The van der Waals surface area contributed by atoms with Crippen LogP contribution in [0.4, 0.5) is 0 Å². The number of hydrogen-bond acceptors (Lipinski definition) is 5. The van der Waals surface area contributed by atoms with Gasteiger partial charge >= 0.3 is 0 Å². The predicted octanol–water partition coefficient (Wildman–Crippen LogP) is 1.64. The Balaban J connectivity index is 1.80. The van der Waals surface area contributed by atoms with E-state index in [1.165, 1.54) is 4.88 Å². The molecule has 25 heavy (non-hydrogen) atoms. The van der Waals surface area contributed by atoms with Gasteiger partial charge in [-0.05, 0) is 32.9 Å². The molecule has 0 saturated carbocycles. The molecular weight excluding hydrogens is 336 g/mol. The minimum atomic E-state index is -0.132. The SMILES string of the molecule is CCNC(=NCc1sc(C)nc1C)NCCNC(=O)c1cccnc1. The monoisotopic (exact) mass is 360 g/mol. The first-order valence-corrected chi connectivity index (χ1v) is 9.05. The molecule has 1 amide bonds. The number of hydrogen-bond donors (Lipinski definition) is 3. The number of nitrogens with zero attached hydrogens (tertiary/aromatic N) is 3. The average Bonchev–Trinajstić information content (AvgIpc) is 2.94. The molecule has 0 aliphatic carbocycles. The summed E-state index contributed by atoms with van der Waals surface area (Å²) in [4.78, 5) is 26.0. The Hall–Kier alpha value is -2.48. The minimum absolute atomic E-state index is 0.132. The molecule has 0 atom stereocenters. The second-order valence-electron chi connectivity index (χ2n) is 5.36. The van der Waals surface area contributed by atoms with Gasteiger partial charge in [0, 0.05) is 36.9 Å². The zero-order valence-electron chi connectivity index (χ0n) is 14.8.